The molecule has 100 valence electrons. The molecule has 0 radical (unpaired) electrons. The lowest BCUT2D eigenvalue weighted by atomic mass is 10.1. The summed E-state index contributed by atoms with van der Waals surface area (Å²) in [6, 6.07) is 7.12. The number of aromatic carboxylic acids is 1. The van der Waals surface area contributed by atoms with Crippen molar-refractivity contribution in [1.82, 2.24) is 9.78 Å². The van der Waals surface area contributed by atoms with E-state index < -0.39 is 5.97 Å². The maximum absolute atomic E-state index is 11.1. The second-order valence-electron chi connectivity index (χ2n) is 4.12. The summed E-state index contributed by atoms with van der Waals surface area (Å²) in [6.07, 6.45) is 2.53. The lowest BCUT2D eigenvalue weighted by Gasteiger charge is -2.10. The van der Waals surface area contributed by atoms with Crippen LogP contribution in [0.2, 0.25) is 0 Å². The van der Waals surface area contributed by atoms with Gasteiger partial charge in [-0.25, -0.2) is 4.79 Å². The number of nitrogens with zero attached hydrogens (tertiary/aromatic N) is 2. The monoisotopic (exact) mass is 323 g/mol. The van der Waals surface area contributed by atoms with Crippen LogP contribution in [0.1, 0.15) is 16.1 Å². The van der Waals surface area contributed by atoms with Crippen LogP contribution < -0.4 is 5.32 Å². The fraction of sp³-hybridized carbons (Fsp3) is 0.231. The summed E-state index contributed by atoms with van der Waals surface area (Å²) in [5.41, 5.74) is 1.98. The first-order valence-corrected chi connectivity index (χ1v) is 6.61. The first kappa shape index (κ1) is 13.6. The molecule has 5 nitrogen and oxygen atoms in total. The predicted octanol–water partition coefficient (Wildman–Crippen LogP) is 2.54. The summed E-state index contributed by atoms with van der Waals surface area (Å²) >= 11 is 3.27. The third-order valence-electron chi connectivity index (χ3n) is 2.83. The number of benzene rings is 1. The highest BCUT2D eigenvalue weighted by Gasteiger charge is 2.10. The number of carbonyl (C=O) groups is 1. The fourth-order valence-corrected chi connectivity index (χ4v) is 2.18. The summed E-state index contributed by atoms with van der Waals surface area (Å²) in [7, 11) is 1.89. The van der Waals surface area contributed by atoms with Crippen LogP contribution in [0.25, 0.3) is 0 Å². The highest BCUT2D eigenvalue weighted by atomic mass is 79.9. The second kappa shape index (κ2) is 5.88. The molecule has 1 aromatic carbocycles. The molecule has 0 unspecified atom stereocenters. The van der Waals surface area contributed by atoms with Gasteiger partial charge >= 0.3 is 5.97 Å². The molecule has 1 aromatic heterocycles. The average Bonchev–Trinajstić information content (AvgIpc) is 2.77. The van der Waals surface area contributed by atoms with Crippen molar-refractivity contribution in [2.45, 2.75) is 6.42 Å². The van der Waals surface area contributed by atoms with Crippen LogP contribution in [0.3, 0.4) is 0 Å². The Morgan fingerprint density at radius 1 is 1.47 bits per heavy atom. The van der Waals surface area contributed by atoms with E-state index in [9.17, 15) is 4.79 Å². The number of aromatic nitrogens is 2. The molecule has 0 aliphatic rings. The van der Waals surface area contributed by atoms with E-state index in [1.54, 1.807) is 23.0 Å². The Hall–Kier alpha value is -1.82. The Labute approximate surface area is 119 Å². The second-order valence-corrected chi connectivity index (χ2v) is 5.03. The third-order valence-corrected chi connectivity index (χ3v) is 3.32. The van der Waals surface area contributed by atoms with Crippen LogP contribution in [0.5, 0.6) is 0 Å². The van der Waals surface area contributed by atoms with Crippen LogP contribution in [-0.2, 0) is 13.5 Å². The highest BCUT2D eigenvalue weighted by Crippen LogP contribution is 2.21. The van der Waals surface area contributed by atoms with E-state index in [0.29, 0.717) is 12.2 Å². The number of aryl methyl sites for hydroxylation is 1. The van der Waals surface area contributed by atoms with Crippen LogP contribution >= 0.6 is 15.9 Å². The Bertz CT molecular complexity index is 595. The molecular weight excluding hydrogens is 310 g/mol. The summed E-state index contributed by atoms with van der Waals surface area (Å²) in [5.74, 6) is -0.940. The molecule has 1 heterocycles. The molecule has 0 aliphatic heterocycles. The number of halogens is 1. The van der Waals surface area contributed by atoms with Gasteiger partial charge < -0.3 is 10.4 Å². The lowest BCUT2D eigenvalue weighted by Crippen LogP contribution is -2.11. The van der Waals surface area contributed by atoms with Crippen LogP contribution in [0.4, 0.5) is 5.69 Å². The molecular formula is C13H14BrN3O2. The van der Waals surface area contributed by atoms with E-state index in [1.165, 1.54) is 0 Å². The van der Waals surface area contributed by atoms with Crippen molar-refractivity contribution in [2.75, 3.05) is 11.9 Å². The van der Waals surface area contributed by atoms with Gasteiger partial charge in [-0.05, 0) is 24.3 Å². The molecule has 0 fully saturated rings. The maximum Gasteiger partial charge on any atom is 0.337 e. The molecule has 0 bridgehead atoms. The smallest absolute Gasteiger partial charge is 0.337 e. The Morgan fingerprint density at radius 3 is 2.89 bits per heavy atom. The van der Waals surface area contributed by atoms with Crippen LogP contribution in [0, 0.1) is 0 Å². The summed E-state index contributed by atoms with van der Waals surface area (Å²) in [4.78, 5) is 11.1. The molecule has 0 saturated heterocycles. The Kier molecular flexibility index (Phi) is 4.21. The fourth-order valence-electron chi connectivity index (χ4n) is 1.82. The molecule has 0 amide bonds. The topological polar surface area (TPSA) is 67.2 Å². The lowest BCUT2D eigenvalue weighted by molar-refractivity contribution is 0.0698. The molecule has 2 aromatic rings. The standard InChI is InChI=1S/C13H14BrN3O2/c1-17-10(5-7-16-17)4-6-15-12-3-2-9(14)8-11(12)13(18)19/h2-3,5,7-8,15H,4,6H2,1H3,(H,18,19). The van der Waals surface area contributed by atoms with Crippen molar-refractivity contribution in [3.8, 4) is 0 Å². The number of hydrogen-bond donors (Lipinski definition) is 2. The zero-order chi connectivity index (χ0) is 13.8. The van der Waals surface area contributed by atoms with Crippen LogP contribution in [-0.4, -0.2) is 27.4 Å². The number of rotatable bonds is 5. The maximum atomic E-state index is 11.1. The van der Waals surface area contributed by atoms with E-state index in [0.717, 1.165) is 16.6 Å². The summed E-state index contributed by atoms with van der Waals surface area (Å²) in [5, 5.41) is 16.4. The minimum atomic E-state index is -0.940. The quantitative estimate of drug-likeness (QED) is 0.887. The number of carboxylic acids is 1. The molecule has 0 saturated carbocycles. The molecule has 2 rings (SSSR count). The number of carboxylic acid groups (broad SMARTS) is 1. The van der Waals surface area contributed by atoms with Gasteiger partial charge in [0, 0.05) is 42.1 Å². The molecule has 0 atom stereocenters. The normalized spacial score (nSPS) is 10.4. The first-order chi connectivity index (χ1) is 9.08. The van der Waals surface area contributed by atoms with Gasteiger partial charge in [-0.2, -0.15) is 5.10 Å². The van der Waals surface area contributed by atoms with Gasteiger partial charge in [0.2, 0.25) is 0 Å². The zero-order valence-electron chi connectivity index (χ0n) is 10.4. The van der Waals surface area contributed by atoms with Gasteiger partial charge in [0.1, 0.15) is 0 Å². The molecule has 6 heteroatoms. The van der Waals surface area contributed by atoms with Gasteiger partial charge in [-0.1, -0.05) is 15.9 Å². The number of nitrogens with one attached hydrogen (secondary N) is 1. The van der Waals surface area contributed by atoms with E-state index in [2.05, 4.69) is 26.3 Å². The van der Waals surface area contributed by atoms with E-state index >= 15 is 0 Å². The molecule has 0 spiro atoms. The molecule has 2 N–H and O–H groups in total. The average molecular weight is 324 g/mol. The molecule has 19 heavy (non-hydrogen) atoms. The Balaban J connectivity index is 2.03. The van der Waals surface area contributed by atoms with Crippen molar-refractivity contribution in [3.05, 3.63) is 46.2 Å². The highest BCUT2D eigenvalue weighted by molar-refractivity contribution is 9.10. The minimum absolute atomic E-state index is 0.263. The van der Waals surface area contributed by atoms with Crippen molar-refractivity contribution in [1.29, 1.82) is 0 Å². The summed E-state index contributed by atoms with van der Waals surface area (Å²) < 4.78 is 2.56. The number of hydrogen-bond acceptors (Lipinski definition) is 3. The van der Waals surface area contributed by atoms with Gasteiger partial charge in [0.05, 0.1) is 5.56 Å². The predicted molar refractivity (Wildman–Crippen MR) is 76.5 cm³/mol. The van der Waals surface area contributed by atoms with Gasteiger partial charge in [-0.15, -0.1) is 0 Å². The molecule has 0 aliphatic carbocycles. The van der Waals surface area contributed by atoms with Gasteiger partial charge in [0.25, 0.3) is 0 Å². The van der Waals surface area contributed by atoms with E-state index in [-0.39, 0.29) is 5.56 Å². The third kappa shape index (κ3) is 3.35. The van der Waals surface area contributed by atoms with Gasteiger partial charge in [-0.3, -0.25) is 4.68 Å². The van der Waals surface area contributed by atoms with Crippen molar-refractivity contribution in [3.63, 3.8) is 0 Å². The summed E-state index contributed by atoms with van der Waals surface area (Å²) in [6.45, 7) is 0.654. The Morgan fingerprint density at radius 2 is 2.26 bits per heavy atom. The first-order valence-electron chi connectivity index (χ1n) is 5.81. The number of anilines is 1. The van der Waals surface area contributed by atoms with E-state index in [1.807, 2.05) is 19.2 Å². The van der Waals surface area contributed by atoms with Crippen molar-refractivity contribution < 1.29 is 9.90 Å². The minimum Gasteiger partial charge on any atom is -0.478 e. The zero-order valence-corrected chi connectivity index (χ0v) is 12.0. The largest absolute Gasteiger partial charge is 0.478 e. The SMILES string of the molecule is Cn1nccc1CCNc1ccc(Br)cc1C(=O)O. The van der Waals surface area contributed by atoms with Gasteiger partial charge in [0.15, 0.2) is 0 Å². The van der Waals surface area contributed by atoms with Crippen molar-refractivity contribution in [2.24, 2.45) is 7.05 Å². The van der Waals surface area contributed by atoms with Crippen molar-refractivity contribution >= 4 is 27.6 Å². The van der Waals surface area contributed by atoms with Crippen LogP contribution in [0.15, 0.2) is 34.9 Å². The van der Waals surface area contributed by atoms with E-state index in [4.69, 9.17) is 5.11 Å².